The molecule has 0 spiro atoms. The van der Waals surface area contributed by atoms with Gasteiger partial charge in [-0.25, -0.2) is 0 Å². The van der Waals surface area contributed by atoms with Crippen LogP contribution in [0.3, 0.4) is 0 Å². The highest BCUT2D eigenvalue weighted by Crippen LogP contribution is 2.40. The summed E-state index contributed by atoms with van der Waals surface area (Å²) in [5.41, 5.74) is 4.58. The summed E-state index contributed by atoms with van der Waals surface area (Å²) < 4.78 is 0. The predicted octanol–water partition coefficient (Wildman–Crippen LogP) is 7.27. The van der Waals surface area contributed by atoms with Crippen LogP contribution in [0.15, 0.2) is 48.5 Å². The molecule has 0 radical (unpaired) electrons. The second kappa shape index (κ2) is 11.3. The third-order valence-electron chi connectivity index (χ3n) is 4.45. The molecule has 0 aliphatic heterocycles. The van der Waals surface area contributed by atoms with Crippen LogP contribution < -0.4 is 0 Å². The molecule has 1 N–H and O–H groups in total. The second-order valence-corrected chi connectivity index (χ2v) is 8.72. The predicted molar refractivity (Wildman–Crippen MR) is 119 cm³/mol. The Hall–Kier alpha value is -1.60. The van der Waals surface area contributed by atoms with Gasteiger partial charge in [-0.3, -0.25) is 0 Å². The zero-order valence-electron chi connectivity index (χ0n) is 18.5. The van der Waals surface area contributed by atoms with E-state index in [0.717, 1.165) is 23.8 Å². The van der Waals surface area contributed by atoms with Gasteiger partial charge in [0, 0.05) is 0 Å². The molecule has 1 aliphatic rings. The summed E-state index contributed by atoms with van der Waals surface area (Å²) in [5.74, 6) is 1.74. The normalized spacial score (nSPS) is 13.4. The molecule has 0 bridgehead atoms. The van der Waals surface area contributed by atoms with Gasteiger partial charge in [0.05, 0.1) is 5.60 Å². The van der Waals surface area contributed by atoms with Gasteiger partial charge in [0.15, 0.2) is 0 Å². The molecule has 1 heteroatoms. The van der Waals surface area contributed by atoms with Gasteiger partial charge >= 0.3 is 0 Å². The number of rotatable bonds is 4. The van der Waals surface area contributed by atoms with E-state index in [9.17, 15) is 5.11 Å². The summed E-state index contributed by atoms with van der Waals surface area (Å²) in [6, 6.07) is 17.1. The highest BCUT2D eigenvalue weighted by molar-refractivity contribution is 5.29. The van der Waals surface area contributed by atoms with E-state index in [2.05, 4.69) is 71.0 Å². The fourth-order valence-electron chi connectivity index (χ4n) is 2.66. The molecule has 0 unspecified atom stereocenters. The second-order valence-electron chi connectivity index (χ2n) is 8.72. The maximum Gasteiger partial charge on any atom is 0.0840 e. The van der Waals surface area contributed by atoms with E-state index in [1.807, 2.05) is 26.0 Å². The molecular formula is C26H40O. The molecule has 0 aromatic heterocycles. The zero-order valence-corrected chi connectivity index (χ0v) is 18.5. The monoisotopic (exact) mass is 368 g/mol. The van der Waals surface area contributed by atoms with E-state index in [1.165, 1.54) is 30.4 Å². The minimum absolute atomic E-state index is 0.717. The van der Waals surface area contributed by atoms with E-state index < -0.39 is 5.60 Å². The molecule has 0 amide bonds. The maximum absolute atomic E-state index is 9.71. The Balaban J connectivity index is 0.000000227. The van der Waals surface area contributed by atoms with Gasteiger partial charge in [-0.2, -0.15) is 0 Å². The lowest BCUT2D eigenvalue weighted by molar-refractivity contribution is 0.0785. The highest BCUT2D eigenvalue weighted by atomic mass is 16.3. The van der Waals surface area contributed by atoms with Gasteiger partial charge in [-0.1, -0.05) is 83.1 Å². The fraction of sp³-hybridized carbons (Fsp3) is 0.538. The summed E-state index contributed by atoms with van der Waals surface area (Å²) >= 11 is 0. The van der Waals surface area contributed by atoms with Crippen LogP contribution in [-0.4, -0.2) is 5.11 Å². The van der Waals surface area contributed by atoms with Gasteiger partial charge in [0.1, 0.15) is 0 Å². The lowest BCUT2D eigenvalue weighted by Gasteiger charge is -2.18. The first-order chi connectivity index (χ1) is 12.7. The Morgan fingerprint density at radius 1 is 0.889 bits per heavy atom. The van der Waals surface area contributed by atoms with E-state index in [-0.39, 0.29) is 0 Å². The van der Waals surface area contributed by atoms with Crippen LogP contribution in [0.5, 0.6) is 0 Å². The molecule has 0 saturated heterocycles. The van der Waals surface area contributed by atoms with Crippen molar-refractivity contribution < 1.29 is 5.11 Å². The Morgan fingerprint density at radius 3 is 1.81 bits per heavy atom. The van der Waals surface area contributed by atoms with Crippen molar-refractivity contribution in [2.75, 3.05) is 0 Å². The van der Waals surface area contributed by atoms with E-state index in [0.29, 0.717) is 0 Å². The summed E-state index contributed by atoms with van der Waals surface area (Å²) in [6.45, 7) is 14.4. The molecule has 2 aromatic rings. The molecule has 1 saturated carbocycles. The molecule has 1 aliphatic carbocycles. The molecule has 150 valence electrons. The average molecular weight is 369 g/mol. The van der Waals surface area contributed by atoms with E-state index in [4.69, 9.17) is 0 Å². The van der Waals surface area contributed by atoms with Crippen molar-refractivity contribution in [2.24, 2.45) is 5.92 Å². The van der Waals surface area contributed by atoms with Crippen LogP contribution in [-0.2, 0) is 18.4 Å². The van der Waals surface area contributed by atoms with Crippen molar-refractivity contribution in [1.29, 1.82) is 0 Å². The minimum atomic E-state index is -0.717. The first-order valence-electron chi connectivity index (χ1n) is 10.6. The third-order valence-corrected chi connectivity index (χ3v) is 4.45. The van der Waals surface area contributed by atoms with Crippen LogP contribution in [0.4, 0.5) is 0 Å². The van der Waals surface area contributed by atoms with E-state index in [1.54, 1.807) is 5.56 Å². The maximum atomic E-state index is 9.71. The smallest absolute Gasteiger partial charge is 0.0840 e. The molecule has 1 nitrogen and oxygen atoms in total. The van der Waals surface area contributed by atoms with Gasteiger partial charge < -0.3 is 5.11 Å². The summed E-state index contributed by atoms with van der Waals surface area (Å²) in [5, 5.41) is 9.71. The fourth-order valence-corrected chi connectivity index (χ4v) is 2.66. The number of hydrogen-bond donors (Lipinski definition) is 1. The number of aliphatic hydroxyl groups is 1. The lowest BCUT2D eigenvalue weighted by Crippen LogP contribution is -2.15. The summed E-state index contributed by atoms with van der Waals surface area (Å²) in [7, 11) is 0. The van der Waals surface area contributed by atoms with Crippen LogP contribution in [0.2, 0.25) is 0 Å². The number of aryl methyl sites for hydroxylation is 2. The minimum Gasteiger partial charge on any atom is -0.386 e. The molecule has 27 heavy (non-hydrogen) atoms. The molecule has 0 atom stereocenters. The standard InChI is InChI=1S/C11H16O.C11H14.C4H10/c1-4-9-6-5-7-10(8-9)11(2,3)12;1-2-9-4-3-5-11(8-9)10-6-7-10;1-4(2)3/h5-8,12H,4H2,1-3H3;3-5,8,10H,2,6-7H2,1H3;4H,1-3H3. The number of hydrogen-bond acceptors (Lipinski definition) is 1. The molecule has 2 aromatic carbocycles. The van der Waals surface area contributed by atoms with Gasteiger partial charge in [-0.05, 0) is 73.6 Å². The van der Waals surface area contributed by atoms with Crippen molar-refractivity contribution in [3.05, 3.63) is 70.8 Å². The van der Waals surface area contributed by atoms with Crippen LogP contribution >= 0.6 is 0 Å². The lowest BCUT2D eigenvalue weighted by atomic mass is 9.96. The van der Waals surface area contributed by atoms with Crippen LogP contribution in [0.25, 0.3) is 0 Å². The zero-order chi connectivity index (χ0) is 20.4. The van der Waals surface area contributed by atoms with Crippen LogP contribution in [0, 0.1) is 5.92 Å². The SMILES string of the molecule is CC(C)C.CCc1cccc(C(C)(C)O)c1.CCc1cccc(C2CC2)c1. The summed E-state index contributed by atoms with van der Waals surface area (Å²) in [6.07, 6.45) is 5.00. The van der Waals surface area contributed by atoms with E-state index >= 15 is 0 Å². The van der Waals surface area contributed by atoms with Gasteiger partial charge in [-0.15, -0.1) is 0 Å². The van der Waals surface area contributed by atoms with Crippen molar-refractivity contribution in [3.63, 3.8) is 0 Å². The van der Waals surface area contributed by atoms with Gasteiger partial charge in [0.2, 0.25) is 0 Å². The molecule has 1 fully saturated rings. The van der Waals surface area contributed by atoms with Crippen molar-refractivity contribution in [1.82, 2.24) is 0 Å². The number of benzene rings is 2. The molecule has 3 rings (SSSR count). The first-order valence-corrected chi connectivity index (χ1v) is 10.6. The Labute approximate surface area is 167 Å². The van der Waals surface area contributed by atoms with Gasteiger partial charge in [0.25, 0.3) is 0 Å². The molecule has 0 heterocycles. The topological polar surface area (TPSA) is 20.2 Å². The highest BCUT2D eigenvalue weighted by Gasteiger charge is 2.23. The Kier molecular flexibility index (Phi) is 9.80. The largest absolute Gasteiger partial charge is 0.386 e. The van der Waals surface area contributed by atoms with Crippen molar-refractivity contribution in [3.8, 4) is 0 Å². The molecular weight excluding hydrogens is 328 g/mol. The van der Waals surface area contributed by atoms with Crippen molar-refractivity contribution in [2.45, 2.75) is 85.7 Å². The Morgan fingerprint density at radius 2 is 1.37 bits per heavy atom. The Bertz CT molecular complexity index is 657. The quantitative estimate of drug-likeness (QED) is 0.602. The van der Waals surface area contributed by atoms with Crippen molar-refractivity contribution >= 4 is 0 Å². The average Bonchev–Trinajstić information content (AvgIpc) is 3.46. The third kappa shape index (κ3) is 9.77. The van der Waals surface area contributed by atoms with Crippen LogP contribution in [0.1, 0.15) is 89.5 Å². The summed E-state index contributed by atoms with van der Waals surface area (Å²) in [4.78, 5) is 0. The first kappa shape index (κ1) is 23.4.